The number of amides is 1. The molecule has 1 aromatic rings. The summed E-state index contributed by atoms with van der Waals surface area (Å²) >= 11 is 1.75. The smallest absolute Gasteiger partial charge is 0.227 e. The molecule has 0 saturated heterocycles. The van der Waals surface area contributed by atoms with E-state index in [-0.39, 0.29) is 24.1 Å². The summed E-state index contributed by atoms with van der Waals surface area (Å²) in [5, 5.41) is 9.67. The molecule has 0 radical (unpaired) electrons. The fraction of sp³-hybridized carbons (Fsp3) is 0.500. The highest BCUT2D eigenvalue weighted by molar-refractivity contribution is 7.98. The van der Waals surface area contributed by atoms with Gasteiger partial charge in [0.25, 0.3) is 0 Å². The third kappa shape index (κ3) is 3.95. The van der Waals surface area contributed by atoms with Crippen LogP contribution in [0.15, 0.2) is 24.3 Å². The minimum absolute atomic E-state index is 0.0531. The number of carbonyl (C=O) groups is 1. The van der Waals surface area contributed by atoms with Gasteiger partial charge in [0.05, 0.1) is 6.42 Å². The van der Waals surface area contributed by atoms with Crippen molar-refractivity contribution >= 4 is 17.7 Å². The normalized spacial score (nSPS) is 12.2. The highest BCUT2D eigenvalue weighted by atomic mass is 32.2. The Morgan fingerprint density at radius 1 is 1.44 bits per heavy atom. The molecule has 18 heavy (non-hydrogen) atoms. The van der Waals surface area contributed by atoms with Crippen molar-refractivity contribution in [3.8, 4) is 5.75 Å². The average Bonchev–Trinajstić information content (AvgIpc) is 2.37. The topological polar surface area (TPSA) is 40.5 Å². The van der Waals surface area contributed by atoms with Gasteiger partial charge in [-0.3, -0.25) is 4.79 Å². The van der Waals surface area contributed by atoms with Gasteiger partial charge >= 0.3 is 0 Å². The van der Waals surface area contributed by atoms with Crippen molar-refractivity contribution in [1.29, 1.82) is 0 Å². The minimum atomic E-state index is 0.0531. The molecular formula is C14H21NO2S. The lowest BCUT2D eigenvalue weighted by molar-refractivity contribution is -0.130. The Balaban J connectivity index is 2.67. The lowest BCUT2D eigenvalue weighted by Crippen LogP contribution is -2.39. The van der Waals surface area contributed by atoms with Crippen LogP contribution in [0.3, 0.4) is 0 Å². The summed E-state index contributed by atoms with van der Waals surface area (Å²) in [6.45, 7) is 2.09. The Kier molecular flexibility index (Phi) is 6.05. The van der Waals surface area contributed by atoms with Gasteiger partial charge in [-0.1, -0.05) is 25.1 Å². The van der Waals surface area contributed by atoms with Gasteiger partial charge in [0.15, 0.2) is 0 Å². The van der Waals surface area contributed by atoms with Crippen LogP contribution >= 0.6 is 11.8 Å². The first-order valence-corrected chi connectivity index (χ1v) is 7.51. The van der Waals surface area contributed by atoms with Gasteiger partial charge in [-0.25, -0.2) is 0 Å². The number of hydrogen-bond donors (Lipinski definition) is 1. The summed E-state index contributed by atoms with van der Waals surface area (Å²) in [7, 11) is 1.84. The van der Waals surface area contributed by atoms with Crippen LogP contribution in [0.2, 0.25) is 0 Å². The molecule has 0 aromatic heterocycles. The molecule has 0 aliphatic carbocycles. The molecule has 4 heteroatoms. The van der Waals surface area contributed by atoms with E-state index in [1.807, 2.05) is 19.4 Å². The van der Waals surface area contributed by atoms with Gasteiger partial charge in [-0.2, -0.15) is 11.8 Å². The number of para-hydroxylation sites is 1. The molecular weight excluding hydrogens is 246 g/mol. The van der Waals surface area contributed by atoms with E-state index in [0.717, 1.165) is 12.2 Å². The largest absolute Gasteiger partial charge is 0.508 e. The van der Waals surface area contributed by atoms with E-state index in [1.54, 1.807) is 34.9 Å². The Morgan fingerprint density at radius 2 is 2.11 bits per heavy atom. The Hall–Kier alpha value is -1.16. The van der Waals surface area contributed by atoms with E-state index < -0.39 is 0 Å². The van der Waals surface area contributed by atoms with Crippen LogP contribution < -0.4 is 0 Å². The molecule has 3 nitrogen and oxygen atoms in total. The molecule has 0 saturated carbocycles. The second kappa shape index (κ2) is 7.31. The van der Waals surface area contributed by atoms with Crippen LogP contribution in [0, 0.1) is 0 Å². The van der Waals surface area contributed by atoms with E-state index in [9.17, 15) is 9.90 Å². The fourth-order valence-corrected chi connectivity index (χ4v) is 2.69. The fourth-order valence-electron chi connectivity index (χ4n) is 1.85. The zero-order valence-electron chi connectivity index (χ0n) is 11.2. The first-order chi connectivity index (χ1) is 8.60. The van der Waals surface area contributed by atoms with E-state index in [4.69, 9.17) is 0 Å². The van der Waals surface area contributed by atoms with E-state index in [2.05, 4.69) is 6.92 Å². The van der Waals surface area contributed by atoms with Gasteiger partial charge in [-0.15, -0.1) is 0 Å². The molecule has 1 N–H and O–H groups in total. The molecule has 0 fully saturated rings. The van der Waals surface area contributed by atoms with Gasteiger partial charge in [0, 0.05) is 24.4 Å². The highest BCUT2D eigenvalue weighted by Crippen LogP contribution is 2.18. The maximum atomic E-state index is 12.1. The zero-order valence-corrected chi connectivity index (χ0v) is 12.0. The number of aromatic hydroxyl groups is 1. The highest BCUT2D eigenvalue weighted by Gasteiger charge is 2.18. The van der Waals surface area contributed by atoms with E-state index in [1.165, 1.54) is 0 Å². The number of thioether (sulfide) groups is 1. The molecule has 0 aliphatic heterocycles. The third-order valence-electron chi connectivity index (χ3n) is 3.10. The molecule has 1 unspecified atom stereocenters. The molecule has 1 aromatic carbocycles. The lowest BCUT2D eigenvalue weighted by Gasteiger charge is -2.27. The SMILES string of the molecule is CCC(CSC)N(C)C(=O)Cc1ccccc1O. The minimum Gasteiger partial charge on any atom is -0.508 e. The first kappa shape index (κ1) is 14.9. The van der Waals surface area contributed by atoms with Crippen molar-refractivity contribution in [1.82, 2.24) is 4.90 Å². The number of hydrogen-bond acceptors (Lipinski definition) is 3. The molecule has 1 amide bonds. The molecule has 1 atom stereocenters. The number of phenols is 1. The molecule has 0 aliphatic rings. The summed E-state index contributed by atoms with van der Waals surface area (Å²) in [6.07, 6.45) is 3.25. The second-order valence-corrected chi connectivity index (χ2v) is 5.24. The van der Waals surface area contributed by atoms with Gasteiger partial charge in [0.1, 0.15) is 5.75 Å². The van der Waals surface area contributed by atoms with Crippen LogP contribution in [-0.4, -0.2) is 41.0 Å². The zero-order chi connectivity index (χ0) is 13.5. The quantitative estimate of drug-likeness (QED) is 0.861. The lowest BCUT2D eigenvalue weighted by atomic mass is 10.1. The van der Waals surface area contributed by atoms with Crippen LogP contribution in [0.4, 0.5) is 0 Å². The van der Waals surface area contributed by atoms with Crippen LogP contribution in [-0.2, 0) is 11.2 Å². The number of rotatable bonds is 6. The number of phenolic OH excluding ortho intramolecular Hbond substituents is 1. The summed E-state index contributed by atoms with van der Waals surface area (Å²) in [6, 6.07) is 7.26. The number of carbonyl (C=O) groups excluding carboxylic acids is 1. The Labute approximate surface area is 113 Å². The van der Waals surface area contributed by atoms with Crippen molar-refractivity contribution in [3.05, 3.63) is 29.8 Å². The van der Waals surface area contributed by atoms with Crippen LogP contribution in [0.5, 0.6) is 5.75 Å². The first-order valence-electron chi connectivity index (χ1n) is 6.11. The molecule has 100 valence electrons. The predicted octanol–water partition coefficient (Wildman–Crippen LogP) is 2.53. The molecule has 0 spiro atoms. The van der Waals surface area contributed by atoms with Crippen molar-refractivity contribution in [2.75, 3.05) is 19.1 Å². The third-order valence-corrected chi connectivity index (χ3v) is 3.82. The average molecular weight is 267 g/mol. The number of benzene rings is 1. The van der Waals surface area contributed by atoms with Gasteiger partial charge < -0.3 is 10.0 Å². The van der Waals surface area contributed by atoms with Gasteiger partial charge in [0.2, 0.25) is 5.91 Å². The van der Waals surface area contributed by atoms with Crippen molar-refractivity contribution in [2.24, 2.45) is 0 Å². The summed E-state index contributed by atoms with van der Waals surface area (Å²) < 4.78 is 0. The van der Waals surface area contributed by atoms with Crippen LogP contribution in [0.1, 0.15) is 18.9 Å². The Morgan fingerprint density at radius 3 is 2.67 bits per heavy atom. The van der Waals surface area contributed by atoms with Crippen molar-refractivity contribution < 1.29 is 9.90 Å². The molecule has 0 bridgehead atoms. The number of likely N-dealkylation sites (N-methyl/N-ethyl adjacent to an activating group) is 1. The maximum absolute atomic E-state index is 12.1. The van der Waals surface area contributed by atoms with E-state index in [0.29, 0.717) is 5.56 Å². The summed E-state index contributed by atoms with van der Waals surface area (Å²) in [5.41, 5.74) is 0.688. The van der Waals surface area contributed by atoms with E-state index >= 15 is 0 Å². The molecule has 0 heterocycles. The standard InChI is InChI=1S/C14H21NO2S/c1-4-12(10-18-3)15(2)14(17)9-11-7-5-6-8-13(11)16/h5-8,12,16H,4,9-10H2,1-3H3. The molecule has 1 rings (SSSR count). The number of nitrogens with zero attached hydrogens (tertiary/aromatic N) is 1. The van der Waals surface area contributed by atoms with Crippen molar-refractivity contribution in [3.63, 3.8) is 0 Å². The predicted molar refractivity (Wildman–Crippen MR) is 77.0 cm³/mol. The van der Waals surface area contributed by atoms with Gasteiger partial charge in [-0.05, 0) is 18.7 Å². The summed E-state index contributed by atoms with van der Waals surface area (Å²) in [4.78, 5) is 13.9. The van der Waals surface area contributed by atoms with Crippen LogP contribution in [0.25, 0.3) is 0 Å². The Bertz CT molecular complexity index is 395. The monoisotopic (exact) mass is 267 g/mol. The second-order valence-electron chi connectivity index (χ2n) is 4.33. The summed E-state index contributed by atoms with van der Waals surface area (Å²) in [5.74, 6) is 1.19. The van der Waals surface area contributed by atoms with Crippen molar-refractivity contribution in [2.45, 2.75) is 25.8 Å². The maximum Gasteiger partial charge on any atom is 0.227 e.